The molecular formula is C21H17ClN4O3S. The number of halogens is 1. The first-order valence-corrected chi connectivity index (χ1v) is 10.4. The van der Waals surface area contributed by atoms with E-state index in [1.54, 1.807) is 6.07 Å². The van der Waals surface area contributed by atoms with Crippen molar-refractivity contribution in [1.82, 2.24) is 15.1 Å². The summed E-state index contributed by atoms with van der Waals surface area (Å²) >= 11 is 7.56. The zero-order chi connectivity index (χ0) is 20.9. The van der Waals surface area contributed by atoms with Gasteiger partial charge in [0.15, 0.2) is 11.0 Å². The van der Waals surface area contributed by atoms with Gasteiger partial charge >= 0.3 is 5.76 Å². The Labute approximate surface area is 180 Å². The number of anilines is 1. The van der Waals surface area contributed by atoms with Crippen LogP contribution >= 0.6 is 22.9 Å². The zero-order valence-corrected chi connectivity index (χ0v) is 17.2. The van der Waals surface area contributed by atoms with Gasteiger partial charge in [-0.25, -0.2) is 9.78 Å². The fraction of sp³-hybridized carbons (Fsp3) is 0.143. The summed E-state index contributed by atoms with van der Waals surface area (Å²) in [6.45, 7) is 0. The Bertz CT molecular complexity index is 1200. The van der Waals surface area contributed by atoms with Gasteiger partial charge in [0, 0.05) is 28.3 Å². The van der Waals surface area contributed by atoms with Crippen LogP contribution in [0.1, 0.15) is 11.4 Å². The second kappa shape index (κ2) is 9.06. The van der Waals surface area contributed by atoms with Crippen molar-refractivity contribution in [2.24, 2.45) is 5.92 Å². The third-order valence-electron chi connectivity index (χ3n) is 4.50. The fourth-order valence-electron chi connectivity index (χ4n) is 3.07. The average Bonchev–Trinajstić information content (AvgIpc) is 3.37. The lowest BCUT2D eigenvalue weighted by molar-refractivity contribution is -0.119. The molecular weight excluding hydrogens is 424 g/mol. The number of aromatic amines is 1. The zero-order valence-electron chi connectivity index (χ0n) is 15.7. The number of benzene rings is 2. The quantitative estimate of drug-likeness (QED) is 0.449. The van der Waals surface area contributed by atoms with Crippen LogP contribution in [0, 0.1) is 5.92 Å². The summed E-state index contributed by atoms with van der Waals surface area (Å²) in [6.07, 6.45) is 0.708. The molecule has 30 heavy (non-hydrogen) atoms. The van der Waals surface area contributed by atoms with Crippen LogP contribution in [0.2, 0.25) is 5.02 Å². The maximum absolute atomic E-state index is 13.0. The predicted octanol–water partition coefficient (Wildman–Crippen LogP) is 4.18. The van der Waals surface area contributed by atoms with Crippen LogP contribution in [-0.2, 0) is 17.6 Å². The van der Waals surface area contributed by atoms with Crippen molar-refractivity contribution in [2.45, 2.75) is 12.8 Å². The normalized spacial score (nSPS) is 11.9. The first-order chi connectivity index (χ1) is 14.6. The molecule has 0 fully saturated rings. The van der Waals surface area contributed by atoms with Gasteiger partial charge in [0.05, 0.1) is 5.69 Å². The minimum absolute atomic E-state index is 0.220. The Morgan fingerprint density at radius 2 is 1.90 bits per heavy atom. The van der Waals surface area contributed by atoms with Crippen molar-refractivity contribution in [3.8, 4) is 11.3 Å². The molecule has 7 nitrogen and oxygen atoms in total. The van der Waals surface area contributed by atoms with Crippen molar-refractivity contribution in [2.75, 3.05) is 5.32 Å². The number of carbonyl (C=O) groups excluding carboxylic acids is 1. The SMILES string of the molecule is O=C(Nc1nc(-c2ccccc2Cl)cs1)C(Cc1ccccc1)Cc1noc(=O)[nH]1. The lowest BCUT2D eigenvalue weighted by atomic mass is 9.95. The summed E-state index contributed by atoms with van der Waals surface area (Å²) < 4.78 is 4.56. The second-order valence-electron chi connectivity index (χ2n) is 6.64. The summed E-state index contributed by atoms with van der Waals surface area (Å²) in [6, 6.07) is 17.1. The summed E-state index contributed by atoms with van der Waals surface area (Å²) in [5.41, 5.74) is 2.50. The molecule has 0 spiro atoms. The number of nitrogens with zero attached hydrogens (tertiary/aromatic N) is 2. The van der Waals surface area contributed by atoms with E-state index in [9.17, 15) is 9.59 Å². The van der Waals surface area contributed by atoms with Crippen LogP contribution in [0.3, 0.4) is 0 Å². The number of H-pyrrole nitrogens is 1. The molecule has 9 heteroatoms. The van der Waals surface area contributed by atoms with Gasteiger partial charge in [0.25, 0.3) is 0 Å². The molecule has 4 aromatic rings. The van der Waals surface area contributed by atoms with Gasteiger partial charge in [0.1, 0.15) is 0 Å². The van der Waals surface area contributed by atoms with Crippen LogP contribution in [0.5, 0.6) is 0 Å². The van der Waals surface area contributed by atoms with E-state index in [1.807, 2.05) is 53.9 Å². The van der Waals surface area contributed by atoms with Gasteiger partial charge in [-0.1, -0.05) is 65.3 Å². The van der Waals surface area contributed by atoms with Crippen LogP contribution in [0.15, 0.2) is 69.3 Å². The average molecular weight is 441 g/mol. The van der Waals surface area contributed by atoms with Crippen LogP contribution in [0.4, 0.5) is 5.13 Å². The Morgan fingerprint density at radius 3 is 2.63 bits per heavy atom. The minimum Gasteiger partial charge on any atom is -0.302 e. The Balaban J connectivity index is 1.52. The van der Waals surface area contributed by atoms with Gasteiger partial charge < -0.3 is 5.32 Å². The van der Waals surface area contributed by atoms with Gasteiger partial charge in [-0.3, -0.25) is 14.3 Å². The van der Waals surface area contributed by atoms with E-state index in [1.165, 1.54) is 11.3 Å². The van der Waals surface area contributed by atoms with Crippen LogP contribution < -0.4 is 11.1 Å². The molecule has 2 aromatic heterocycles. The summed E-state index contributed by atoms with van der Waals surface area (Å²) in [7, 11) is 0. The van der Waals surface area contributed by atoms with E-state index in [-0.39, 0.29) is 12.3 Å². The largest absolute Gasteiger partial charge is 0.438 e. The topological polar surface area (TPSA) is 101 Å². The monoisotopic (exact) mass is 440 g/mol. The molecule has 0 aliphatic rings. The van der Waals surface area contributed by atoms with Crippen LogP contribution in [0.25, 0.3) is 11.3 Å². The molecule has 0 bridgehead atoms. The Kier molecular flexibility index (Phi) is 6.06. The fourth-order valence-corrected chi connectivity index (χ4v) is 4.02. The molecule has 4 rings (SSSR count). The Morgan fingerprint density at radius 1 is 1.13 bits per heavy atom. The molecule has 0 aliphatic heterocycles. The molecule has 1 amide bonds. The molecule has 1 unspecified atom stereocenters. The third kappa shape index (κ3) is 4.84. The molecule has 0 saturated carbocycles. The highest BCUT2D eigenvalue weighted by atomic mass is 35.5. The van der Waals surface area contributed by atoms with Gasteiger partial charge in [0.2, 0.25) is 5.91 Å². The van der Waals surface area contributed by atoms with Gasteiger partial charge in [-0.05, 0) is 18.1 Å². The number of nitrogens with one attached hydrogen (secondary N) is 2. The molecule has 0 aliphatic carbocycles. The molecule has 2 heterocycles. The lowest BCUT2D eigenvalue weighted by Crippen LogP contribution is -2.27. The van der Waals surface area contributed by atoms with E-state index >= 15 is 0 Å². The first kappa shape index (κ1) is 20.1. The second-order valence-corrected chi connectivity index (χ2v) is 7.90. The van der Waals surface area contributed by atoms with E-state index in [0.717, 1.165) is 11.1 Å². The molecule has 152 valence electrons. The Hall–Kier alpha value is -3.23. The maximum atomic E-state index is 13.0. The molecule has 0 radical (unpaired) electrons. The standard InChI is InChI=1S/C21H17ClN4O3S/c22-16-9-5-4-8-15(16)17-12-30-20(23-17)25-19(27)14(10-13-6-2-1-3-7-13)11-18-24-21(28)29-26-18/h1-9,12,14H,10-11H2,(H,23,25,27)(H,24,26,28). The summed E-state index contributed by atoms with van der Waals surface area (Å²) in [5, 5.41) is 9.48. The van der Waals surface area contributed by atoms with Crippen molar-refractivity contribution < 1.29 is 9.32 Å². The number of rotatable bonds is 7. The smallest absolute Gasteiger partial charge is 0.302 e. The molecule has 1 atom stereocenters. The van der Waals surface area contributed by atoms with E-state index in [2.05, 4.69) is 25.0 Å². The van der Waals surface area contributed by atoms with Gasteiger partial charge in [-0.15, -0.1) is 11.3 Å². The number of thiazole rings is 1. The first-order valence-electron chi connectivity index (χ1n) is 9.18. The molecule has 0 saturated heterocycles. The number of hydrogen-bond acceptors (Lipinski definition) is 6. The third-order valence-corrected chi connectivity index (χ3v) is 5.59. The van der Waals surface area contributed by atoms with Gasteiger partial charge in [-0.2, -0.15) is 0 Å². The predicted molar refractivity (Wildman–Crippen MR) is 116 cm³/mol. The highest BCUT2D eigenvalue weighted by molar-refractivity contribution is 7.14. The number of carbonyl (C=O) groups is 1. The highest BCUT2D eigenvalue weighted by Gasteiger charge is 2.23. The van der Waals surface area contributed by atoms with Crippen molar-refractivity contribution in [1.29, 1.82) is 0 Å². The summed E-state index contributed by atoms with van der Waals surface area (Å²) in [5.74, 6) is -1.01. The van der Waals surface area contributed by atoms with E-state index < -0.39 is 11.7 Å². The molecule has 2 aromatic carbocycles. The summed E-state index contributed by atoms with van der Waals surface area (Å²) in [4.78, 5) is 31.3. The lowest BCUT2D eigenvalue weighted by Gasteiger charge is -2.14. The minimum atomic E-state index is -0.645. The number of hydrogen-bond donors (Lipinski definition) is 2. The number of aromatic nitrogens is 3. The van der Waals surface area contributed by atoms with E-state index in [0.29, 0.717) is 28.1 Å². The van der Waals surface area contributed by atoms with E-state index in [4.69, 9.17) is 11.6 Å². The van der Waals surface area contributed by atoms with Crippen molar-refractivity contribution >= 4 is 34.0 Å². The van der Waals surface area contributed by atoms with Crippen molar-refractivity contribution in [3.63, 3.8) is 0 Å². The van der Waals surface area contributed by atoms with Crippen LogP contribution in [-0.4, -0.2) is 21.0 Å². The maximum Gasteiger partial charge on any atom is 0.438 e. The highest BCUT2D eigenvalue weighted by Crippen LogP contribution is 2.30. The van der Waals surface area contributed by atoms with Crippen molar-refractivity contribution in [3.05, 3.63) is 86.9 Å². The molecule has 2 N–H and O–H groups in total. The number of amides is 1.